The van der Waals surface area contributed by atoms with Gasteiger partial charge in [0.2, 0.25) is 0 Å². The van der Waals surface area contributed by atoms with Crippen molar-refractivity contribution in [2.45, 2.75) is 27.9 Å². The third-order valence-corrected chi connectivity index (χ3v) is 8.07. The van der Waals surface area contributed by atoms with Crippen LogP contribution < -0.4 is 5.32 Å². The van der Waals surface area contributed by atoms with Crippen molar-refractivity contribution in [1.29, 1.82) is 0 Å². The molecule has 0 saturated carbocycles. The number of nitrogens with one attached hydrogen (secondary N) is 1. The van der Waals surface area contributed by atoms with Crippen LogP contribution in [0, 0.1) is 0 Å². The molecule has 0 spiro atoms. The zero-order chi connectivity index (χ0) is 17.8. The summed E-state index contributed by atoms with van der Waals surface area (Å²) < 4.78 is 55.0. The molecule has 1 fully saturated rings. The highest BCUT2D eigenvalue weighted by Gasteiger charge is 2.33. The second-order valence-corrected chi connectivity index (χ2v) is 9.93. The van der Waals surface area contributed by atoms with Crippen LogP contribution in [0.15, 0.2) is 34.1 Å². The van der Waals surface area contributed by atoms with Gasteiger partial charge < -0.3 is 10.1 Å². The van der Waals surface area contributed by atoms with E-state index in [9.17, 15) is 21.6 Å². The fourth-order valence-corrected chi connectivity index (χ4v) is 6.39. The number of sulfone groups is 2. The maximum absolute atomic E-state index is 12.8. The van der Waals surface area contributed by atoms with Crippen LogP contribution in [0.3, 0.4) is 0 Å². The molecule has 0 aliphatic carbocycles. The maximum atomic E-state index is 12.8. The highest BCUT2D eigenvalue weighted by Crippen LogP contribution is 2.28. The van der Waals surface area contributed by atoms with Crippen molar-refractivity contribution < 1.29 is 26.4 Å². The number of ether oxygens (including phenoxy) is 1. The third kappa shape index (κ3) is 4.47. The average Bonchev–Trinajstić information content (AvgIpc) is 2.55. The Morgan fingerprint density at radius 1 is 1.12 bits per heavy atom. The Kier molecular flexibility index (Phi) is 6.24. The summed E-state index contributed by atoms with van der Waals surface area (Å²) in [6, 6.07) is 5.51. The Hall–Kier alpha value is -1.16. The summed E-state index contributed by atoms with van der Waals surface area (Å²) in [5, 5.41) is 2.46. The number of hydrogen-bond acceptors (Lipinski definition) is 7. The van der Waals surface area contributed by atoms with Crippen molar-refractivity contribution in [3.8, 4) is 0 Å². The molecule has 0 aromatic heterocycles. The van der Waals surface area contributed by atoms with E-state index in [4.69, 9.17) is 11.6 Å². The van der Waals surface area contributed by atoms with Gasteiger partial charge >= 0.3 is 5.43 Å². The second kappa shape index (κ2) is 7.81. The fraction of sp³-hybridized carbons (Fsp3) is 0.500. The number of benzene rings is 1. The van der Waals surface area contributed by atoms with E-state index in [1.54, 1.807) is 0 Å². The first-order valence-electron chi connectivity index (χ1n) is 7.34. The first kappa shape index (κ1) is 19.2. The Labute approximate surface area is 146 Å². The van der Waals surface area contributed by atoms with Crippen molar-refractivity contribution >= 4 is 36.7 Å². The van der Waals surface area contributed by atoms with Crippen LogP contribution in [-0.4, -0.2) is 53.0 Å². The van der Waals surface area contributed by atoms with Crippen molar-refractivity contribution in [1.82, 2.24) is 5.32 Å². The summed E-state index contributed by atoms with van der Waals surface area (Å²) in [4.78, 5) is 10.1. The number of carbonyl (C=O) groups is 1. The molecule has 0 amide bonds. The lowest BCUT2D eigenvalue weighted by molar-refractivity contribution is 0.180. The van der Waals surface area contributed by atoms with E-state index in [0.717, 1.165) is 0 Å². The minimum Gasteiger partial charge on any atom is -0.453 e. The molecule has 24 heavy (non-hydrogen) atoms. The molecule has 0 unspecified atom stereocenters. The Balaban J connectivity index is 2.34. The predicted molar refractivity (Wildman–Crippen MR) is 88.8 cm³/mol. The minimum atomic E-state index is -3.94. The fourth-order valence-electron chi connectivity index (χ4n) is 2.57. The summed E-state index contributed by atoms with van der Waals surface area (Å²) in [6.45, 7) is 0.710. The van der Waals surface area contributed by atoms with E-state index in [2.05, 4.69) is 10.1 Å². The van der Waals surface area contributed by atoms with Crippen LogP contribution in [0.4, 0.5) is 4.79 Å². The van der Waals surface area contributed by atoms with Gasteiger partial charge in [-0.3, -0.25) is 0 Å². The third-order valence-electron chi connectivity index (χ3n) is 3.78. The second-order valence-electron chi connectivity index (χ2n) is 5.35. The van der Waals surface area contributed by atoms with Gasteiger partial charge in [0.05, 0.1) is 20.8 Å². The van der Waals surface area contributed by atoms with E-state index in [0.29, 0.717) is 25.9 Å². The molecule has 0 atom stereocenters. The van der Waals surface area contributed by atoms with Crippen LogP contribution in [0.1, 0.15) is 12.8 Å². The summed E-state index contributed by atoms with van der Waals surface area (Å²) in [5.74, 6) is -0.537. The molecule has 1 aliphatic rings. The van der Waals surface area contributed by atoms with E-state index < -0.39 is 42.7 Å². The number of piperidine rings is 1. The Morgan fingerprint density at radius 2 is 1.71 bits per heavy atom. The molecule has 0 bridgehead atoms. The lowest BCUT2D eigenvalue weighted by atomic mass is 10.2. The van der Waals surface area contributed by atoms with Crippen molar-refractivity contribution in [2.24, 2.45) is 0 Å². The van der Waals surface area contributed by atoms with Gasteiger partial charge in [-0.2, -0.15) is 0 Å². The monoisotopic (exact) mass is 395 g/mol. The summed E-state index contributed by atoms with van der Waals surface area (Å²) in [6.07, 6.45) is 0.862. The van der Waals surface area contributed by atoms with E-state index in [1.807, 2.05) is 0 Å². The van der Waals surface area contributed by atoms with E-state index in [-0.39, 0.29) is 9.79 Å². The van der Waals surface area contributed by atoms with Crippen LogP contribution >= 0.6 is 11.6 Å². The molecular weight excluding hydrogens is 378 g/mol. The number of carbonyl (C=O) groups excluding carboxylic acids is 1. The van der Waals surface area contributed by atoms with Gasteiger partial charge in [0.25, 0.3) is 0 Å². The van der Waals surface area contributed by atoms with Gasteiger partial charge in [0.1, 0.15) is 6.61 Å². The Bertz CT molecular complexity index is 800. The molecular formula is C14H18ClNO6S2. The topological polar surface area (TPSA) is 107 Å². The molecule has 1 aromatic rings. The minimum absolute atomic E-state index is 0.200. The molecule has 2 rings (SSSR count). The number of rotatable bonds is 6. The van der Waals surface area contributed by atoms with Crippen LogP contribution in [0.25, 0.3) is 0 Å². The number of halogens is 1. The van der Waals surface area contributed by atoms with Crippen molar-refractivity contribution in [3.05, 3.63) is 24.3 Å². The normalized spacial score (nSPS) is 16.7. The van der Waals surface area contributed by atoms with Gasteiger partial charge in [0.15, 0.2) is 19.7 Å². The zero-order valence-corrected chi connectivity index (χ0v) is 15.2. The van der Waals surface area contributed by atoms with Gasteiger partial charge in [-0.15, -0.1) is 0 Å². The molecule has 1 aromatic carbocycles. The summed E-state index contributed by atoms with van der Waals surface area (Å²) in [7, 11) is -7.71. The molecule has 10 heteroatoms. The standard InChI is InChI=1S/C14H18ClNO6S2/c15-14(17)22-9-10-23(18,19)12-3-1-2-4-13(12)24(20,21)11-5-7-16-8-6-11/h1-4,11,16H,5-10H2. The molecule has 1 N–H and O–H groups in total. The van der Waals surface area contributed by atoms with Crippen LogP contribution in [0.2, 0.25) is 0 Å². The summed E-state index contributed by atoms with van der Waals surface area (Å²) in [5.41, 5.74) is -1.11. The SMILES string of the molecule is O=C(Cl)OCCS(=O)(=O)c1ccccc1S(=O)(=O)C1CCNCC1. The van der Waals surface area contributed by atoms with Crippen molar-refractivity contribution in [2.75, 3.05) is 25.4 Å². The first-order chi connectivity index (χ1) is 11.2. The molecule has 1 heterocycles. The highest BCUT2D eigenvalue weighted by atomic mass is 35.5. The van der Waals surface area contributed by atoms with E-state index in [1.165, 1.54) is 24.3 Å². The van der Waals surface area contributed by atoms with Gasteiger partial charge in [-0.25, -0.2) is 21.6 Å². The average molecular weight is 396 g/mol. The maximum Gasteiger partial charge on any atom is 0.403 e. The van der Waals surface area contributed by atoms with Crippen LogP contribution in [-0.2, 0) is 24.4 Å². The highest BCUT2D eigenvalue weighted by molar-refractivity contribution is 7.94. The smallest absolute Gasteiger partial charge is 0.403 e. The van der Waals surface area contributed by atoms with E-state index >= 15 is 0 Å². The van der Waals surface area contributed by atoms with Gasteiger partial charge in [-0.1, -0.05) is 12.1 Å². The predicted octanol–water partition coefficient (Wildman–Crippen LogP) is 1.36. The zero-order valence-electron chi connectivity index (χ0n) is 12.8. The molecule has 0 radical (unpaired) electrons. The van der Waals surface area contributed by atoms with Crippen LogP contribution in [0.5, 0.6) is 0 Å². The molecule has 1 saturated heterocycles. The molecule has 1 aliphatic heterocycles. The first-order valence-corrected chi connectivity index (χ1v) is 10.9. The molecule has 134 valence electrons. The van der Waals surface area contributed by atoms with Gasteiger partial charge in [0, 0.05) is 11.6 Å². The lowest BCUT2D eigenvalue weighted by Gasteiger charge is -2.23. The Morgan fingerprint density at radius 3 is 2.29 bits per heavy atom. The van der Waals surface area contributed by atoms with Crippen molar-refractivity contribution in [3.63, 3.8) is 0 Å². The largest absolute Gasteiger partial charge is 0.453 e. The van der Waals surface area contributed by atoms with Gasteiger partial charge in [-0.05, 0) is 38.1 Å². The quantitative estimate of drug-likeness (QED) is 0.724. The number of hydrogen-bond donors (Lipinski definition) is 1. The lowest BCUT2D eigenvalue weighted by Crippen LogP contribution is -2.36. The summed E-state index contributed by atoms with van der Waals surface area (Å²) >= 11 is 5.00. The molecule has 7 nitrogen and oxygen atoms in total.